The minimum atomic E-state index is -0.309. The fourth-order valence-electron chi connectivity index (χ4n) is 2.72. The second-order valence-electron chi connectivity index (χ2n) is 6.02. The monoisotopic (exact) mass is 358 g/mol. The molecule has 0 unspecified atom stereocenters. The van der Waals surface area contributed by atoms with Gasteiger partial charge in [-0.1, -0.05) is 17.3 Å². The van der Waals surface area contributed by atoms with Crippen molar-refractivity contribution in [1.82, 2.24) is 19.5 Å². The number of rotatable bonds is 3. The first-order valence-electron chi connectivity index (χ1n) is 8.15. The van der Waals surface area contributed by atoms with Crippen LogP contribution in [0, 0.1) is 25.2 Å². The summed E-state index contributed by atoms with van der Waals surface area (Å²) in [6, 6.07) is 10.9. The van der Waals surface area contributed by atoms with Gasteiger partial charge in [0.15, 0.2) is 0 Å². The van der Waals surface area contributed by atoms with Crippen molar-refractivity contribution in [2.45, 2.75) is 13.8 Å². The second-order valence-corrected chi connectivity index (χ2v) is 6.02. The number of hydrogen-bond donors (Lipinski definition) is 1. The van der Waals surface area contributed by atoms with E-state index < -0.39 is 0 Å². The number of pyridine rings is 1. The van der Waals surface area contributed by atoms with Gasteiger partial charge in [-0.05, 0) is 30.7 Å². The van der Waals surface area contributed by atoms with Gasteiger partial charge in [-0.15, -0.1) is 0 Å². The Bertz CT molecular complexity index is 1210. The Kier molecular flexibility index (Phi) is 3.90. The topological polar surface area (TPSA) is 109 Å². The summed E-state index contributed by atoms with van der Waals surface area (Å²) in [4.78, 5) is 21.2. The first kappa shape index (κ1) is 16.5. The third-order valence-electron chi connectivity index (χ3n) is 4.15. The van der Waals surface area contributed by atoms with Crippen LogP contribution in [0.15, 0.2) is 47.2 Å². The highest BCUT2D eigenvalue weighted by atomic mass is 16.5. The van der Waals surface area contributed by atoms with Crippen LogP contribution in [-0.4, -0.2) is 25.4 Å². The number of nitriles is 1. The molecule has 4 aromatic rings. The zero-order valence-corrected chi connectivity index (χ0v) is 14.6. The van der Waals surface area contributed by atoms with Crippen molar-refractivity contribution in [1.29, 1.82) is 5.26 Å². The molecule has 0 saturated carbocycles. The molecule has 3 aromatic heterocycles. The number of fused-ring (bicyclic) bond motifs is 1. The average Bonchev–Trinajstić information content (AvgIpc) is 3.29. The molecule has 4 rings (SSSR count). The van der Waals surface area contributed by atoms with E-state index in [0.29, 0.717) is 34.3 Å². The van der Waals surface area contributed by atoms with E-state index in [1.807, 2.05) is 19.1 Å². The number of aromatic nitrogens is 4. The number of benzene rings is 1. The SMILES string of the molecule is Cc1nc(-c2ccc(C)c(NC(=O)c3cnc4cc(C#N)ccn34)c2)no1. The van der Waals surface area contributed by atoms with Crippen LogP contribution in [0.1, 0.15) is 27.5 Å². The fraction of sp³-hybridized carbons (Fsp3) is 0.105. The lowest BCUT2D eigenvalue weighted by molar-refractivity contribution is 0.102. The van der Waals surface area contributed by atoms with Gasteiger partial charge in [-0.2, -0.15) is 10.2 Å². The number of carbonyl (C=O) groups excluding carboxylic acids is 1. The van der Waals surface area contributed by atoms with Crippen LogP contribution in [0.25, 0.3) is 17.0 Å². The standard InChI is InChI=1S/C19H14N6O2/c1-11-3-4-14(18-22-12(2)27-24-18)8-15(11)23-19(26)16-10-21-17-7-13(9-20)5-6-25(16)17/h3-8,10H,1-2H3,(H,23,26). The molecule has 0 aliphatic carbocycles. The zero-order chi connectivity index (χ0) is 19.0. The Balaban J connectivity index is 1.66. The summed E-state index contributed by atoms with van der Waals surface area (Å²) in [5.74, 6) is 0.622. The summed E-state index contributed by atoms with van der Waals surface area (Å²) >= 11 is 0. The van der Waals surface area contributed by atoms with Gasteiger partial charge in [0.2, 0.25) is 11.7 Å². The van der Waals surface area contributed by atoms with Gasteiger partial charge in [-0.25, -0.2) is 4.98 Å². The van der Waals surface area contributed by atoms with E-state index >= 15 is 0 Å². The largest absolute Gasteiger partial charge is 0.339 e. The molecular weight excluding hydrogens is 344 g/mol. The highest BCUT2D eigenvalue weighted by Crippen LogP contribution is 2.24. The van der Waals surface area contributed by atoms with E-state index in [9.17, 15) is 4.79 Å². The Morgan fingerprint density at radius 3 is 2.85 bits per heavy atom. The molecule has 27 heavy (non-hydrogen) atoms. The summed E-state index contributed by atoms with van der Waals surface area (Å²) in [6.07, 6.45) is 3.13. The van der Waals surface area contributed by atoms with Crippen molar-refractivity contribution in [2.24, 2.45) is 0 Å². The highest BCUT2D eigenvalue weighted by molar-refractivity contribution is 6.04. The molecule has 0 fully saturated rings. The molecule has 0 bridgehead atoms. The second kappa shape index (κ2) is 6.38. The normalized spacial score (nSPS) is 10.7. The van der Waals surface area contributed by atoms with Crippen LogP contribution in [0.5, 0.6) is 0 Å². The lowest BCUT2D eigenvalue weighted by Crippen LogP contribution is -2.15. The number of aryl methyl sites for hydroxylation is 2. The van der Waals surface area contributed by atoms with Gasteiger partial charge in [0.25, 0.3) is 5.91 Å². The van der Waals surface area contributed by atoms with Gasteiger partial charge in [-0.3, -0.25) is 9.20 Å². The maximum atomic E-state index is 12.8. The van der Waals surface area contributed by atoms with E-state index in [0.717, 1.165) is 11.1 Å². The first-order valence-corrected chi connectivity index (χ1v) is 8.15. The van der Waals surface area contributed by atoms with Crippen molar-refractivity contribution in [3.05, 3.63) is 65.4 Å². The summed E-state index contributed by atoms with van der Waals surface area (Å²) in [5, 5.41) is 15.8. The zero-order valence-electron chi connectivity index (χ0n) is 14.6. The van der Waals surface area contributed by atoms with Gasteiger partial charge in [0.1, 0.15) is 11.3 Å². The van der Waals surface area contributed by atoms with E-state index in [1.165, 1.54) is 6.20 Å². The Labute approximate surface area is 154 Å². The number of hydrogen-bond acceptors (Lipinski definition) is 6. The van der Waals surface area contributed by atoms with Gasteiger partial charge < -0.3 is 9.84 Å². The molecule has 0 radical (unpaired) electrons. The lowest BCUT2D eigenvalue weighted by Gasteiger charge is -2.09. The lowest BCUT2D eigenvalue weighted by atomic mass is 10.1. The molecule has 1 aromatic carbocycles. The van der Waals surface area contributed by atoms with Crippen molar-refractivity contribution in [2.75, 3.05) is 5.32 Å². The van der Waals surface area contributed by atoms with Crippen LogP contribution in [-0.2, 0) is 0 Å². The molecule has 0 spiro atoms. The molecule has 0 saturated heterocycles. The molecule has 1 N–H and O–H groups in total. The van der Waals surface area contributed by atoms with Gasteiger partial charge >= 0.3 is 0 Å². The summed E-state index contributed by atoms with van der Waals surface area (Å²) in [7, 11) is 0. The number of nitrogens with zero attached hydrogens (tertiary/aromatic N) is 5. The molecule has 3 heterocycles. The molecular formula is C19H14N6O2. The summed E-state index contributed by atoms with van der Waals surface area (Å²) < 4.78 is 6.65. The van der Waals surface area contributed by atoms with Crippen molar-refractivity contribution < 1.29 is 9.32 Å². The van der Waals surface area contributed by atoms with Crippen LogP contribution in [0.2, 0.25) is 0 Å². The maximum absolute atomic E-state index is 12.8. The first-order chi connectivity index (χ1) is 13.0. The molecule has 8 nitrogen and oxygen atoms in total. The van der Waals surface area contributed by atoms with Gasteiger partial charge in [0.05, 0.1) is 17.8 Å². The van der Waals surface area contributed by atoms with Crippen molar-refractivity contribution >= 4 is 17.2 Å². The third kappa shape index (κ3) is 3.02. The molecule has 1 amide bonds. The van der Waals surface area contributed by atoms with Crippen molar-refractivity contribution in [3.63, 3.8) is 0 Å². The Morgan fingerprint density at radius 2 is 2.11 bits per heavy atom. The van der Waals surface area contributed by atoms with E-state index in [4.69, 9.17) is 9.78 Å². The van der Waals surface area contributed by atoms with E-state index in [1.54, 1.807) is 35.7 Å². The molecule has 8 heteroatoms. The fourth-order valence-corrected chi connectivity index (χ4v) is 2.72. The maximum Gasteiger partial charge on any atom is 0.274 e. The van der Waals surface area contributed by atoms with Gasteiger partial charge in [0, 0.05) is 24.4 Å². The predicted molar refractivity (Wildman–Crippen MR) is 97.1 cm³/mol. The highest BCUT2D eigenvalue weighted by Gasteiger charge is 2.15. The Morgan fingerprint density at radius 1 is 1.26 bits per heavy atom. The molecule has 0 aliphatic rings. The minimum Gasteiger partial charge on any atom is -0.339 e. The van der Waals surface area contributed by atoms with Crippen molar-refractivity contribution in [3.8, 4) is 17.5 Å². The minimum absolute atomic E-state index is 0.309. The number of nitrogens with one attached hydrogen (secondary N) is 1. The summed E-state index contributed by atoms with van der Waals surface area (Å²) in [6.45, 7) is 3.62. The van der Waals surface area contributed by atoms with E-state index in [-0.39, 0.29) is 5.91 Å². The quantitative estimate of drug-likeness (QED) is 0.602. The van der Waals surface area contributed by atoms with E-state index in [2.05, 4.69) is 26.5 Å². The third-order valence-corrected chi connectivity index (χ3v) is 4.15. The molecule has 0 aliphatic heterocycles. The number of anilines is 1. The summed E-state index contributed by atoms with van der Waals surface area (Å²) in [5.41, 5.74) is 3.67. The van der Waals surface area contributed by atoms with Crippen LogP contribution < -0.4 is 5.32 Å². The molecule has 0 atom stereocenters. The number of amides is 1. The predicted octanol–water partition coefficient (Wildman–Crippen LogP) is 3.13. The molecule has 132 valence electrons. The number of carbonyl (C=O) groups is 1. The average molecular weight is 358 g/mol. The van der Waals surface area contributed by atoms with Crippen LogP contribution >= 0.6 is 0 Å². The number of imidazole rings is 1. The van der Waals surface area contributed by atoms with Crippen LogP contribution in [0.3, 0.4) is 0 Å². The Hall–Kier alpha value is -3.99. The smallest absolute Gasteiger partial charge is 0.274 e. The van der Waals surface area contributed by atoms with Crippen LogP contribution in [0.4, 0.5) is 5.69 Å².